The minimum atomic E-state index is -0.927. The van der Waals surface area contributed by atoms with Gasteiger partial charge in [0.05, 0.1) is 17.9 Å². The Kier molecular flexibility index (Phi) is 6.64. The van der Waals surface area contributed by atoms with Crippen molar-refractivity contribution in [2.75, 3.05) is 6.61 Å². The van der Waals surface area contributed by atoms with Gasteiger partial charge in [0.2, 0.25) is 5.91 Å². The maximum atomic E-state index is 13.0. The lowest BCUT2D eigenvalue weighted by Gasteiger charge is -2.29. The molecule has 2 amide bonds. The van der Waals surface area contributed by atoms with E-state index in [1.807, 2.05) is 38.1 Å². The van der Waals surface area contributed by atoms with Crippen LogP contribution in [0.25, 0.3) is 11.1 Å². The van der Waals surface area contributed by atoms with Crippen LogP contribution >= 0.6 is 0 Å². The quantitative estimate of drug-likeness (QED) is 0.513. The number of amides is 2. The third-order valence-electron chi connectivity index (χ3n) is 6.98. The molecule has 4 rings (SSSR count). The molecule has 34 heavy (non-hydrogen) atoms. The first-order chi connectivity index (χ1) is 16.2. The van der Waals surface area contributed by atoms with Crippen LogP contribution in [0.1, 0.15) is 57.1 Å². The topological polar surface area (TPSA) is 105 Å². The highest BCUT2D eigenvalue weighted by Gasteiger charge is 2.47. The van der Waals surface area contributed by atoms with Crippen LogP contribution in [-0.4, -0.2) is 41.3 Å². The smallest absolute Gasteiger partial charge is 0.407 e. The van der Waals surface area contributed by atoms with Gasteiger partial charge in [-0.3, -0.25) is 9.59 Å². The normalized spacial score (nSPS) is 17.3. The van der Waals surface area contributed by atoms with Crippen LogP contribution in [0.15, 0.2) is 48.5 Å². The molecule has 1 saturated carbocycles. The number of carbonyl (C=O) groups is 3. The van der Waals surface area contributed by atoms with Gasteiger partial charge in [-0.2, -0.15) is 0 Å². The first-order valence-electron chi connectivity index (χ1n) is 11.9. The molecule has 2 atom stereocenters. The Balaban J connectivity index is 1.37. The molecule has 7 nitrogen and oxygen atoms in total. The second kappa shape index (κ2) is 9.49. The number of carboxylic acid groups (broad SMARTS) is 1. The molecule has 2 aromatic rings. The number of ether oxygens (including phenoxy) is 1. The number of carboxylic acids is 1. The van der Waals surface area contributed by atoms with E-state index in [4.69, 9.17) is 9.84 Å². The highest BCUT2D eigenvalue weighted by atomic mass is 16.5. The fourth-order valence-electron chi connectivity index (χ4n) is 5.15. The number of rotatable bonds is 9. The number of hydrogen-bond acceptors (Lipinski definition) is 4. The largest absolute Gasteiger partial charge is 0.481 e. The van der Waals surface area contributed by atoms with Crippen molar-refractivity contribution in [2.24, 2.45) is 11.8 Å². The van der Waals surface area contributed by atoms with Crippen LogP contribution in [0.2, 0.25) is 0 Å². The summed E-state index contributed by atoms with van der Waals surface area (Å²) in [5.74, 6) is -1.76. The summed E-state index contributed by atoms with van der Waals surface area (Å²) in [7, 11) is 0. The molecule has 2 aliphatic carbocycles. The van der Waals surface area contributed by atoms with Gasteiger partial charge in [-0.1, -0.05) is 62.4 Å². The number of alkyl carbamates (subject to hydrolysis) is 1. The Morgan fingerprint density at radius 1 is 1.00 bits per heavy atom. The van der Waals surface area contributed by atoms with E-state index in [0.29, 0.717) is 12.8 Å². The van der Waals surface area contributed by atoms with Crippen LogP contribution in [0, 0.1) is 11.8 Å². The lowest BCUT2D eigenvalue weighted by molar-refractivity contribution is -0.138. The average molecular weight is 465 g/mol. The molecule has 0 spiro atoms. The van der Waals surface area contributed by atoms with Gasteiger partial charge >= 0.3 is 12.1 Å². The maximum absolute atomic E-state index is 13.0. The molecular weight excluding hydrogens is 432 g/mol. The van der Waals surface area contributed by atoms with Gasteiger partial charge in [0.25, 0.3) is 0 Å². The van der Waals surface area contributed by atoms with E-state index in [1.165, 1.54) is 0 Å². The van der Waals surface area contributed by atoms with Gasteiger partial charge in [0.15, 0.2) is 0 Å². The van der Waals surface area contributed by atoms with E-state index in [2.05, 4.69) is 34.9 Å². The maximum Gasteiger partial charge on any atom is 0.407 e. The van der Waals surface area contributed by atoms with Crippen LogP contribution < -0.4 is 10.6 Å². The van der Waals surface area contributed by atoms with Gasteiger partial charge in [-0.05, 0) is 47.9 Å². The molecule has 2 aliphatic rings. The number of aliphatic carboxylic acids is 1. The van der Waals surface area contributed by atoms with E-state index >= 15 is 0 Å². The summed E-state index contributed by atoms with van der Waals surface area (Å²) >= 11 is 0. The Morgan fingerprint density at radius 3 is 2.06 bits per heavy atom. The van der Waals surface area contributed by atoms with Crippen molar-refractivity contribution < 1.29 is 24.2 Å². The summed E-state index contributed by atoms with van der Waals surface area (Å²) in [6, 6.07) is 15.8. The van der Waals surface area contributed by atoms with Crippen molar-refractivity contribution in [2.45, 2.75) is 57.5 Å². The Bertz CT molecular complexity index is 1050. The third kappa shape index (κ3) is 4.93. The van der Waals surface area contributed by atoms with E-state index in [-0.39, 0.29) is 30.8 Å². The number of fused-ring (bicyclic) bond motifs is 3. The molecule has 0 aliphatic heterocycles. The van der Waals surface area contributed by atoms with Gasteiger partial charge < -0.3 is 20.5 Å². The van der Waals surface area contributed by atoms with Crippen molar-refractivity contribution in [1.29, 1.82) is 0 Å². The zero-order chi connectivity index (χ0) is 24.5. The molecule has 0 bridgehead atoms. The molecule has 2 aromatic carbocycles. The van der Waals surface area contributed by atoms with Crippen LogP contribution in [0.5, 0.6) is 0 Å². The minimum Gasteiger partial charge on any atom is -0.481 e. The fraction of sp³-hybridized carbons (Fsp3) is 0.444. The Hall–Kier alpha value is -3.35. The Morgan fingerprint density at radius 2 is 1.56 bits per heavy atom. The number of hydrogen-bond donors (Lipinski definition) is 3. The van der Waals surface area contributed by atoms with Crippen molar-refractivity contribution >= 4 is 18.0 Å². The van der Waals surface area contributed by atoms with Crippen LogP contribution in [0.3, 0.4) is 0 Å². The summed E-state index contributed by atoms with van der Waals surface area (Å²) in [6.45, 7) is 5.81. The first kappa shape index (κ1) is 23.8. The SMILES string of the molecule is CC(C)C(C(=O)NC1(CC(=O)O)CC1)C(C)NC(=O)OCC1c2ccccc2-c2ccccc21. The van der Waals surface area contributed by atoms with Gasteiger partial charge in [0, 0.05) is 12.0 Å². The zero-order valence-corrected chi connectivity index (χ0v) is 19.8. The molecule has 180 valence electrons. The van der Waals surface area contributed by atoms with E-state index in [0.717, 1.165) is 22.3 Å². The molecule has 7 heteroatoms. The summed E-state index contributed by atoms with van der Waals surface area (Å²) in [5.41, 5.74) is 3.94. The summed E-state index contributed by atoms with van der Waals surface area (Å²) in [5, 5.41) is 14.9. The zero-order valence-electron chi connectivity index (χ0n) is 19.8. The number of carbonyl (C=O) groups excluding carboxylic acids is 2. The van der Waals surface area contributed by atoms with Gasteiger partial charge in [-0.15, -0.1) is 0 Å². The van der Waals surface area contributed by atoms with Gasteiger partial charge in [-0.25, -0.2) is 4.79 Å². The van der Waals surface area contributed by atoms with Crippen LogP contribution in [-0.2, 0) is 14.3 Å². The lowest BCUT2D eigenvalue weighted by Crippen LogP contribution is -2.51. The van der Waals surface area contributed by atoms with Crippen LogP contribution in [0.4, 0.5) is 4.79 Å². The highest BCUT2D eigenvalue weighted by molar-refractivity contribution is 5.83. The molecule has 0 aromatic heterocycles. The first-order valence-corrected chi connectivity index (χ1v) is 11.9. The molecule has 0 saturated heterocycles. The molecular formula is C27H32N2O5. The minimum absolute atomic E-state index is 0.0385. The second-order valence-electron chi connectivity index (χ2n) is 9.87. The summed E-state index contributed by atoms with van der Waals surface area (Å²) in [4.78, 5) is 36.8. The second-order valence-corrected chi connectivity index (χ2v) is 9.87. The molecule has 0 heterocycles. The third-order valence-corrected chi connectivity index (χ3v) is 6.98. The Labute approximate surface area is 199 Å². The predicted molar refractivity (Wildman–Crippen MR) is 128 cm³/mol. The number of nitrogens with one attached hydrogen (secondary N) is 2. The monoisotopic (exact) mass is 464 g/mol. The number of benzene rings is 2. The van der Waals surface area contributed by atoms with E-state index in [1.54, 1.807) is 6.92 Å². The van der Waals surface area contributed by atoms with Gasteiger partial charge in [0.1, 0.15) is 6.61 Å². The molecule has 1 fully saturated rings. The average Bonchev–Trinajstić information content (AvgIpc) is 3.43. The fourth-order valence-corrected chi connectivity index (χ4v) is 5.15. The van der Waals surface area contributed by atoms with Crippen molar-refractivity contribution in [3.63, 3.8) is 0 Å². The van der Waals surface area contributed by atoms with Crippen molar-refractivity contribution in [3.05, 3.63) is 59.7 Å². The molecule has 2 unspecified atom stereocenters. The molecule has 3 N–H and O–H groups in total. The summed E-state index contributed by atoms with van der Waals surface area (Å²) in [6.07, 6.45) is 0.658. The van der Waals surface area contributed by atoms with Crippen molar-refractivity contribution in [3.8, 4) is 11.1 Å². The highest BCUT2D eigenvalue weighted by Crippen LogP contribution is 2.44. The lowest BCUT2D eigenvalue weighted by atomic mass is 9.88. The van der Waals surface area contributed by atoms with Crippen molar-refractivity contribution in [1.82, 2.24) is 10.6 Å². The standard InChI is InChI=1S/C27H32N2O5/c1-16(2)24(25(32)29-27(12-13-27)14-23(30)31)17(3)28-26(33)34-15-22-20-10-6-4-8-18(20)19-9-5-7-11-21(19)22/h4-11,16-17,22,24H,12-15H2,1-3H3,(H,28,33)(H,29,32)(H,30,31). The summed E-state index contributed by atoms with van der Waals surface area (Å²) < 4.78 is 5.63. The molecule has 0 radical (unpaired) electrons. The van der Waals surface area contributed by atoms with E-state index in [9.17, 15) is 14.4 Å². The van der Waals surface area contributed by atoms with E-state index < -0.39 is 29.6 Å². The predicted octanol–water partition coefficient (Wildman–Crippen LogP) is 4.31.